The number of amides is 6. The first-order chi connectivity index (χ1) is 48.2. The van der Waals surface area contributed by atoms with Crippen LogP contribution in [0.3, 0.4) is 0 Å². The third kappa shape index (κ3) is 42.6. The highest BCUT2D eigenvalue weighted by Gasteiger charge is 2.48. The zero-order chi connectivity index (χ0) is 73.6. The molecular weight excluding hydrogens is 1280 g/mol. The summed E-state index contributed by atoms with van der Waals surface area (Å²) in [6.07, 6.45) is 29.9. The molecule has 1 aromatic rings. The lowest BCUT2D eigenvalue weighted by atomic mass is 9.96. The Kier molecular flexibility index (Phi) is 53.2. The third-order valence-corrected chi connectivity index (χ3v) is 19.3. The van der Waals surface area contributed by atoms with Crippen LogP contribution in [0.25, 0.3) is 0 Å². The number of aliphatic hydroxyl groups is 5. The molecule has 2 rings (SSSR count). The predicted octanol–water partition coefficient (Wildman–Crippen LogP) is 13.7. The Morgan fingerprint density at radius 3 is 1.47 bits per heavy atom. The van der Waals surface area contributed by atoms with Crippen molar-refractivity contribution in [2.45, 2.75) is 391 Å². The first-order valence-electron chi connectivity index (χ1n) is 39.5. The highest BCUT2D eigenvalue weighted by Crippen LogP contribution is 2.28. The van der Waals surface area contributed by atoms with Crippen molar-refractivity contribution in [3.8, 4) is 0 Å². The van der Waals surface area contributed by atoms with E-state index in [0.29, 0.717) is 61.1 Å². The molecule has 1 saturated heterocycles. The topological polar surface area (TPSA) is 349 Å². The second-order valence-electron chi connectivity index (χ2n) is 28.7. The summed E-state index contributed by atoms with van der Waals surface area (Å²) >= 11 is 0. The van der Waals surface area contributed by atoms with E-state index in [4.69, 9.17) is 30.4 Å². The van der Waals surface area contributed by atoms with E-state index < -0.39 is 123 Å². The average molecular weight is 1420 g/mol. The van der Waals surface area contributed by atoms with Crippen molar-refractivity contribution in [1.82, 2.24) is 20.9 Å². The molecule has 0 radical (unpaired) electrons. The second kappa shape index (κ2) is 58.4. The minimum Gasteiger partial charge on any atom is -0.460 e. The summed E-state index contributed by atoms with van der Waals surface area (Å²) in [6.45, 7) is 7.15. The number of urea groups is 1. The molecule has 22 nitrogen and oxygen atoms in total. The molecule has 1 aromatic carbocycles. The van der Waals surface area contributed by atoms with Gasteiger partial charge < -0.3 is 76.7 Å². The zero-order valence-corrected chi connectivity index (χ0v) is 62.6. The van der Waals surface area contributed by atoms with Gasteiger partial charge in [0.1, 0.15) is 61.1 Å². The molecule has 22 heteroatoms. The largest absolute Gasteiger partial charge is 0.460 e. The number of carbonyl (C=O) groups is 7. The molecule has 10 atom stereocenters. The molecule has 1 aliphatic heterocycles. The maximum atomic E-state index is 15.8. The molecule has 12 N–H and O–H groups in total. The number of aliphatic hydroxyl groups excluding tert-OH is 5. The zero-order valence-electron chi connectivity index (χ0n) is 62.6. The number of anilines is 1. The summed E-state index contributed by atoms with van der Waals surface area (Å²) in [5, 5.41) is 64.1. The molecule has 1 heterocycles. The van der Waals surface area contributed by atoms with E-state index in [1.54, 1.807) is 38.1 Å². The van der Waals surface area contributed by atoms with Crippen LogP contribution >= 0.6 is 0 Å². The first-order valence-corrected chi connectivity index (χ1v) is 39.5. The Hall–Kier alpha value is -4.97. The van der Waals surface area contributed by atoms with Gasteiger partial charge >= 0.3 is 18.1 Å². The molecule has 100 heavy (non-hydrogen) atoms. The van der Waals surface area contributed by atoms with Crippen LogP contribution in [0.15, 0.2) is 24.3 Å². The summed E-state index contributed by atoms with van der Waals surface area (Å²) in [7, 11) is 0. The summed E-state index contributed by atoms with van der Waals surface area (Å²) in [6, 6.07) is 0.725. The lowest BCUT2D eigenvalue weighted by molar-refractivity contribution is -0.304. The Bertz CT molecular complexity index is 2300. The Morgan fingerprint density at radius 2 is 1.02 bits per heavy atom. The van der Waals surface area contributed by atoms with E-state index in [1.807, 2.05) is 0 Å². The number of unbranched alkanes of at least 4 members (excludes halogenated alkanes) is 36. The van der Waals surface area contributed by atoms with Crippen molar-refractivity contribution >= 4 is 47.3 Å². The number of nitrogens with one attached hydrogen (secondary N) is 3. The van der Waals surface area contributed by atoms with Crippen LogP contribution in [-0.4, -0.2) is 153 Å². The fourth-order valence-corrected chi connectivity index (χ4v) is 13.0. The number of primary amides is 1. The van der Waals surface area contributed by atoms with Crippen molar-refractivity contribution < 1.29 is 78.0 Å². The van der Waals surface area contributed by atoms with E-state index in [-0.39, 0.29) is 44.4 Å². The fraction of sp³-hybridized carbons (Fsp3) is 0.833. The van der Waals surface area contributed by atoms with Crippen LogP contribution in [0, 0.1) is 5.92 Å². The SMILES string of the molecule is CCCCCCCCCCCCCCCCCCCCCCCCCC(=O)O[C@H](CCCCCCCCCCCCCC)[C@@H](O)[C@H](CO[C@H]1O[C@H](CO)[C@H](O)[C@H](O)[C@H]1O)N(C(=O)OCc1ccc(N)cc1)C(=O)[C@H](CCCNC(N)=O)NC(=O)[C@@H](NC(=O)CCCCCCC(C)=O)C(C)C. The van der Waals surface area contributed by atoms with Gasteiger partial charge in [0, 0.05) is 31.5 Å². The Morgan fingerprint density at radius 1 is 0.570 bits per heavy atom. The standard InChI is InChI=1S/C78H140N6O16/c1-6-8-10-12-14-16-18-20-21-22-23-24-25-26-27-28-29-30-32-34-36-38-44-50-68(88)99-65(48-42-37-35-33-31-19-17-15-13-11-9-7-2)70(89)64(58-97-76-73(92)72(91)71(90)66(56-85)100-76)84(78(96)98-57-61-51-53-62(79)54-52-61)75(94)63(47-45-55-81-77(80)95)82-74(93)69(59(3)4)83-67(87)49-43-40-39-41-46-60(5)86/h51-54,59,63-66,69-73,76,85,89-92H,6-50,55-58,79H2,1-5H3,(H,82,93)(H,83,87)(H3,80,81,95)/t63-,64-,65+,66+,69-,70-,71-,72-,73+,76-/m0/s1. The lowest BCUT2D eigenvalue weighted by Crippen LogP contribution is -2.63. The molecule has 0 aliphatic carbocycles. The van der Waals surface area contributed by atoms with Crippen molar-refractivity contribution in [3.05, 3.63) is 29.8 Å². The number of nitrogens with two attached hydrogens (primary N) is 2. The number of hydrogen-bond acceptors (Lipinski definition) is 17. The summed E-state index contributed by atoms with van der Waals surface area (Å²) in [5.74, 6) is -3.47. The molecule has 1 fully saturated rings. The predicted molar refractivity (Wildman–Crippen MR) is 393 cm³/mol. The Balaban J connectivity index is 2.49. The second-order valence-corrected chi connectivity index (χ2v) is 28.7. The number of hydrogen-bond donors (Lipinski definition) is 10. The summed E-state index contributed by atoms with van der Waals surface area (Å²) in [5.41, 5.74) is 12.3. The molecule has 1 aliphatic rings. The monoisotopic (exact) mass is 1420 g/mol. The number of carbonyl (C=O) groups excluding carboxylic acids is 7. The van der Waals surface area contributed by atoms with Crippen molar-refractivity contribution in [3.63, 3.8) is 0 Å². The van der Waals surface area contributed by atoms with Gasteiger partial charge in [0.05, 0.1) is 19.3 Å². The van der Waals surface area contributed by atoms with E-state index >= 15 is 9.59 Å². The van der Waals surface area contributed by atoms with Gasteiger partial charge in [-0.3, -0.25) is 19.2 Å². The number of nitrogen functional groups attached to an aromatic ring is 1. The number of nitrogens with zero attached hydrogens (tertiary/aromatic N) is 1. The van der Waals surface area contributed by atoms with Gasteiger partial charge in [-0.1, -0.05) is 265 Å². The Labute approximate surface area is 601 Å². The van der Waals surface area contributed by atoms with Gasteiger partial charge in [0.2, 0.25) is 11.8 Å². The van der Waals surface area contributed by atoms with E-state index in [0.717, 1.165) is 70.6 Å². The molecular formula is C78H140N6O16. The van der Waals surface area contributed by atoms with Crippen molar-refractivity contribution in [2.75, 3.05) is 25.5 Å². The van der Waals surface area contributed by atoms with Gasteiger partial charge in [-0.25, -0.2) is 14.5 Å². The van der Waals surface area contributed by atoms with E-state index in [1.165, 1.54) is 148 Å². The van der Waals surface area contributed by atoms with Gasteiger partial charge in [0.15, 0.2) is 6.29 Å². The van der Waals surface area contributed by atoms with E-state index in [9.17, 15) is 49.5 Å². The number of imide groups is 1. The quantitative estimate of drug-likeness (QED) is 0.0165. The van der Waals surface area contributed by atoms with Gasteiger partial charge in [0.25, 0.3) is 5.91 Å². The minimum absolute atomic E-state index is 0.0103. The highest BCUT2D eigenvalue weighted by molar-refractivity contribution is 5.98. The van der Waals surface area contributed by atoms with Crippen molar-refractivity contribution in [2.24, 2.45) is 11.7 Å². The smallest absolute Gasteiger partial charge is 0.417 e. The molecule has 0 unspecified atom stereocenters. The number of benzene rings is 1. The van der Waals surface area contributed by atoms with Gasteiger partial charge in [-0.05, 0) is 75.5 Å². The summed E-state index contributed by atoms with van der Waals surface area (Å²) in [4.78, 5) is 97.1. The molecule has 0 bridgehead atoms. The number of ether oxygens (including phenoxy) is 4. The van der Waals surface area contributed by atoms with Crippen LogP contribution in [0.1, 0.15) is 329 Å². The lowest BCUT2D eigenvalue weighted by Gasteiger charge is -2.41. The number of Topliss-reactive ketones (excluding diaryl/α,β-unsaturated/α-hetero) is 1. The maximum Gasteiger partial charge on any atom is 0.417 e. The van der Waals surface area contributed by atoms with E-state index in [2.05, 4.69) is 29.8 Å². The highest BCUT2D eigenvalue weighted by atomic mass is 16.7. The normalized spacial score (nSPS) is 17.6. The molecule has 0 saturated carbocycles. The number of esters is 1. The third-order valence-electron chi connectivity index (χ3n) is 19.3. The first kappa shape index (κ1) is 91.1. The minimum atomic E-state index is -1.97. The molecule has 0 spiro atoms. The fourth-order valence-electron chi connectivity index (χ4n) is 13.0. The average Bonchev–Trinajstić information content (AvgIpc) is 0.804. The van der Waals surface area contributed by atoms with Gasteiger partial charge in [-0.15, -0.1) is 0 Å². The van der Waals surface area contributed by atoms with Crippen LogP contribution < -0.4 is 27.4 Å². The molecule has 578 valence electrons. The van der Waals surface area contributed by atoms with Crippen molar-refractivity contribution in [1.29, 1.82) is 0 Å². The van der Waals surface area contributed by atoms with Crippen LogP contribution in [0.4, 0.5) is 15.3 Å². The summed E-state index contributed by atoms with van der Waals surface area (Å²) < 4.78 is 24.0. The van der Waals surface area contributed by atoms with Crippen LogP contribution in [-0.2, 0) is 49.5 Å². The van der Waals surface area contributed by atoms with Crippen LogP contribution in [0.2, 0.25) is 0 Å². The van der Waals surface area contributed by atoms with Gasteiger partial charge in [-0.2, -0.15) is 0 Å². The number of rotatable bonds is 63. The molecule has 0 aromatic heterocycles. The van der Waals surface area contributed by atoms with Crippen LogP contribution in [0.5, 0.6) is 0 Å². The maximum absolute atomic E-state index is 15.8. The number of ketones is 1. The molecule has 6 amide bonds.